The van der Waals surface area contributed by atoms with Gasteiger partial charge >= 0.3 is 0 Å². The molecule has 2 rings (SSSR count). The van der Waals surface area contributed by atoms with Crippen LogP contribution >= 0.6 is 0 Å². The van der Waals surface area contributed by atoms with Crippen molar-refractivity contribution in [2.45, 2.75) is 32.7 Å². The van der Waals surface area contributed by atoms with Gasteiger partial charge in [-0.1, -0.05) is 18.2 Å². The standard InChI is InChI=1S/C16H23NO2/c1-2-19-16-10-14(8-9-15(16)18)12-17-11-13-6-4-3-5-7-13/h3-4,8-10,13,17-18H,2,5-7,11-12H2,1H3. The molecular weight excluding hydrogens is 238 g/mol. The number of hydrogen-bond acceptors (Lipinski definition) is 3. The van der Waals surface area contributed by atoms with Crippen molar-refractivity contribution in [2.75, 3.05) is 13.2 Å². The van der Waals surface area contributed by atoms with E-state index in [-0.39, 0.29) is 5.75 Å². The average molecular weight is 261 g/mol. The second-order valence-electron chi connectivity index (χ2n) is 5.02. The Morgan fingerprint density at radius 3 is 3.00 bits per heavy atom. The Balaban J connectivity index is 1.82. The third-order valence-corrected chi connectivity index (χ3v) is 3.46. The Bertz CT molecular complexity index is 429. The highest BCUT2D eigenvalue weighted by Crippen LogP contribution is 2.26. The molecule has 0 fully saturated rings. The van der Waals surface area contributed by atoms with Gasteiger partial charge in [-0.25, -0.2) is 0 Å². The molecule has 0 aromatic heterocycles. The van der Waals surface area contributed by atoms with Gasteiger partial charge in [0, 0.05) is 6.54 Å². The van der Waals surface area contributed by atoms with Crippen molar-refractivity contribution in [3.05, 3.63) is 35.9 Å². The number of phenolic OH excluding ortho intramolecular Hbond substituents is 1. The molecule has 0 heterocycles. The van der Waals surface area contributed by atoms with E-state index in [2.05, 4.69) is 17.5 Å². The van der Waals surface area contributed by atoms with Crippen LogP contribution in [0.15, 0.2) is 30.4 Å². The summed E-state index contributed by atoms with van der Waals surface area (Å²) in [6.45, 7) is 4.36. The van der Waals surface area contributed by atoms with Gasteiger partial charge < -0.3 is 15.2 Å². The highest BCUT2D eigenvalue weighted by atomic mass is 16.5. The van der Waals surface area contributed by atoms with Crippen LogP contribution in [0.1, 0.15) is 31.7 Å². The zero-order chi connectivity index (χ0) is 13.5. The predicted octanol–water partition coefficient (Wildman–Crippen LogP) is 3.24. The van der Waals surface area contributed by atoms with Crippen LogP contribution in [-0.2, 0) is 6.54 Å². The minimum atomic E-state index is 0.211. The van der Waals surface area contributed by atoms with E-state index in [0.29, 0.717) is 12.4 Å². The number of aromatic hydroxyl groups is 1. The van der Waals surface area contributed by atoms with Crippen LogP contribution in [0.3, 0.4) is 0 Å². The zero-order valence-electron chi connectivity index (χ0n) is 11.6. The maximum Gasteiger partial charge on any atom is 0.161 e. The molecule has 0 saturated heterocycles. The number of hydrogen-bond donors (Lipinski definition) is 2. The molecule has 3 heteroatoms. The van der Waals surface area contributed by atoms with E-state index in [1.54, 1.807) is 6.07 Å². The molecular formula is C16H23NO2. The molecule has 0 bridgehead atoms. The van der Waals surface area contributed by atoms with Crippen molar-refractivity contribution in [3.8, 4) is 11.5 Å². The molecule has 0 spiro atoms. The van der Waals surface area contributed by atoms with Crippen molar-refractivity contribution in [3.63, 3.8) is 0 Å². The lowest BCUT2D eigenvalue weighted by Gasteiger charge is -2.18. The van der Waals surface area contributed by atoms with Crippen LogP contribution in [0.25, 0.3) is 0 Å². The molecule has 0 aliphatic heterocycles. The summed E-state index contributed by atoms with van der Waals surface area (Å²) in [5.74, 6) is 1.54. The van der Waals surface area contributed by atoms with Crippen molar-refractivity contribution in [2.24, 2.45) is 5.92 Å². The number of ether oxygens (including phenoxy) is 1. The van der Waals surface area contributed by atoms with Crippen LogP contribution in [0, 0.1) is 5.92 Å². The van der Waals surface area contributed by atoms with Gasteiger partial charge in [0.2, 0.25) is 0 Å². The maximum absolute atomic E-state index is 9.64. The Hall–Kier alpha value is -1.48. The molecule has 3 nitrogen and oxygen atoms in total. The summed E-state index contributed by atoms with van der Waals surface area (Å²) >= 11 is 0. The number of phenols is 1. The molecule has 1 unspecified atom stereocenters. The van der Waals surface area contributed by atoms with Gasteiger partial charge in [-0.15, -0.1) is 0 Å². The van der Waals surface area contributed by atoms with Gasteiger partial charge in [-0.2, -0.15) is 0 Å². The molecule has 19 heavy (non-hydrogen) atoms. The normalized spacial score (nSPS) is 18.5. The van der Waals surface area contributed by atoms with Gasteiger partial charge in [0.15, 0.2) is 11.5 Å². The summed E-state index contributed by atoms with van der Waals surface area (Å²) in [6, 6.07) is 5.55. The van der Waals surface area contributed by atoms with Crippen LogP contribution in [0.5, 0.6) is 11.5 Å². The molecule has 0 radical (unpaired) electrons. The monoisotopic (exact) mass is 261 g/mol. The Morgan fingerprint density at radius 1 is 1.37 bits per heavy atom. The summed E-state index contributed by atoms with van der Waals surface area (Å²) in [4.78, 5) is 0. The smallest absolute Gasteiger partial charge is 0.161 e. The lowest BCUT2D eigenvalue weighted by atomic mass is 9.94. The van der Waals surface area contributed by atoms with Crippen molar-refractivity contribution in [1.82, 2.24) is 5.32 Å². The number of allylic oxidation sites excluding steroid dienone is 2. The molecule has 1 atom stereocenters. The first-order valence-corrected chi connectivity index (χ1v) is 7.10. The molecule has 104 valence electrons. The van der Waals surface area contributed by atoms with Gasteiger partial charge in [0.1, 0.15) is 0 Å². The second kappa shape index (κ2) is 7.19. The molecule has 1 aromatic rings. The third kappa shape index (κ3) is 4.28. The largest absolute Gasteiger partial charge is 0.504 e. The average Bonchev–Trinajstić information content (AvgIpc) is 2.44. The second-order valence-corrected chi connectivity index (χ2v) is 5.02. The summed E-state index contributed by atoms with van der Waals surface area (Å²) < 4.78 is 5.39. The van der Waals surface area contributed by atoms with Crippen molar-refractivity contribution >= 4 is 0 Å². The molecule has 0 saturated carbocycles. The van der Waals surface area contributed by atoms with Gasteiger partial charge in [-0.3, -0.25) is 0 Å². The minimum absolute atomic E-state index is 0.211. The zero-order valence-corrected chi connectivity index (χ0v) is 11.6. The van der Waals surface area contributed by atoms with Crippen molar-refractivity contribution in [1.29, 1.82) is 0 Å². The minimum Gasteiger partial charge on any atom is -0.504 e. The van der Waals surface area contributed by atoms with E-state index >= 15 is 0 Å². The van der Waals surface area contributed by atoms with Gasteiger partial charge in [0.25, 0.3) is 0 Å². The van der Waals surface area contributed by atoms with Crippen LogP contribution in [0.2, 0.25) is 0 Å². The highest BCUT2D eigenvalue weighted by molar-refractivity contribution is 5.41. The Labute approximate surface area is 115 Å². The molecule has 2 N–H and O–H groups in total. The van der Waals surface area contributed by atoms with E-state index in [1.165, 1.54) is 19.3 Å². The quantitative estimate of drug-likeness (QED) is 0.772. The molecule has 1 aliphatic rings. The Kier molecular flexibility index (Phi) is 5.28. The topological polar surface area (TPSA) is 41.5 Å². The van der Waals surface area contributed by atoms with Crippen molar-refractivity contribution < 1.29 is 9.84 Å². The molecule has 0 amide bonds. The van der Waals surface area contributed by atoms with Crippen LogP contribution < -0.4 is 10.1 Å². The van der Waals surface area contributed by atoms with Gasteiger partial charge in [-0.05, 0) is 56.3 Å². The number of benzene rings is 1. The van der Waals surface area contributed by atoms with E-state index < -0.39 is 0 Å². The highest BCUT2D eigenvalue weighted by Gasteiger charge is 2.09. The lowest BCUT2D eigenvalue weighted by Crippen LogP contribution is -2.23. The first-order valence-electron chi connectivity index (χ1n) is 7.10. The molecule has 1 aliphatic carbocycles. The van der Waals surface area contributed by atoms with E-state index in [1.807, 2.05) is 19.1 Å². The van der Waals surface area contributed by atoms with Crippen LogP contribution in [-0.4, -0.2) is 18.3 Å². The van der Waals surface area contributed by atoms with E-state index in [4.69, 9.17) is 4.74 Å². The van der Waals surface area contributed by atoms with Gasteiger partial charge in [0.05, 0.1) is 6.61 Å². The SMILES string of the molecule is CCOc1cc(CNCC2CC=CCC2)ccc1O. The lowest BCUT2D eigenvalue weighted by molar-refractivity contribution is 0.317. The fourth-order valence-corrected chi connectivity index (χ4v) is 2.40. The summed E-state index contributed by atoms with van der Waals surface area (Å²) in [5, 5.41) is 13.1. The first kappa shape index (κ1) is 13.9. The third-order valence-electron chi connectivity index (χ3n) is 3.46. The van der Waals surface area contributed by atoms with Crippen LogP contribution in [0.4, 0.5) is 0 Å². The fraction of sp³-hybridized carbons (Fsp3) is 0.500. The summed E-state index contributed by atoms with van der Waals surface area (Å²) in [7, 11) is 0. The van der Waals surface area contributed by atoms with E-state index in [9.17, 15) is 5.11 Å². The van der Waals surface area contributed by atoms with E-state index in [0.717, 1.165) is 24.6 Å². The summed E-state index contributed by atoms with van der Waals surface area (Å²) in [5.41, 5.74) is 1.15. The molecule has 1 aromatic carbocycles. The fourth-order valence-electron chi connectivity index (χ4n) is 2.40. The first-order chi connectivity index (χ1) is 9.29. The number of rotatable bonds is 6. The summed E-state index contributed by atoms with van der Waals surface area (Å²) in [6.07, 6.45) is 8.23. The predicted molar refractivity (Wildman–Crippen MR) is 77.5 cm³/mol. The Morgan fingerprint density at radius 2 is 2.26 bits per heavy atom. The number of nitrogens with one attached hydrogen (secondary N) is 1. The maximum atomic E-state index is 9.64.